The highest BCUT2D eigenvalue weighted by Gasteiger charge is 2.31. The maximum Gasteiger partial charge on any atom is 0.211 e. The van der Waals surface area contributed by atoms with Crippen molar-refractivity contribution in [2.45, 2.75) is 25.3 Å². The van der Waals surface area contributed by atoms with Crippen LogP contribution in [-0.4, -0.2) is 64.3 Å². The van der Waals surface area contributed by atoms with Crippen molar-refractivity contribution in [2.75, 3.05) is 44.9 Å². The molecule has 1 atom stereocenters. The maximum absolute atomic E-state index is 11.8. The molecule has 2 aliphatic rings. The molecular weight excluding hydrogens is 356 g/mol. The lowest BCUT2D eigenvalue weighted by atomic mass is 10.2. The van der Waals surface area contributed by atoms with Crippen molar-refractivity contribution in [3.8, 4) is 11.5 Å². The van der Waals surface area contributed by atoms with Gasteiger partial charge in [-0.3, -0.25) is 4.99 Å². The third kappa shape index (κ3) is 4.59. The van der Waals surface area contributed by atoms with Crippen molar-refractivity contribution in [3.63, 3.8) is 0 Å². The number of fused-ring (bicyclic) bond motifs is 1. The van der Waals surface area contributed by atoms with E-state index in [2.05, 4.69) is 15.6 Å². The van der Waals surface area contributed by atoms with Gasteiger partial charge in [0.15, 0.2) is 17.5 Å². The van der Waals surface area contributed by atoms with E-state index in [0.29, 0.717) is 38.0 Å². The molecule has 0 radical (unpaired) electrons. The summed E-state index contributed by atoms with van der Waals surface area (Å²) in [5.74, 6) is 2.03. The summed E-state index contributed by atoms with van der Waals surface area (Å²) in [5.41, 5.74) is 0.828. The van der Waals surface area contributed by atoms with Gasteiger partial charge in [0.2, 0.25) is 10.0 Å². The molecule has 0 aromatic heterocycles. The van der Waals surface area contributed by atoms with Gasteiger partial charge in [0.25, 0.3) is 0 Å². The molecular formula is C17H26N4O4S. The largest absolute Gasteiger partial charge is 0.490 e. The van der Waals surface area contributed by atoms with Crippen LogP contribution in [0.4, 0.5) is 5.69 Å². The van der Waals surface area contributed by atoms with Crippen molar-refractivity contribution >= 4 is 21.7 Å². The first-order valence-corrected chi connectivity index (χ1v) is 10.7. The van der Waals surface area contributed by atoms with E-state index in [1.165, 1.54) is 6.26 Å². The molecule has 1 aromatic carbocycles. The van der Waals surface area contributed by atoms with Gasteiger partial charge in [-0.25, -0.2) is 8.42 Å². The van der Waals surface area contributed by atoms with E-state index >= 15 is 0 Å². The number of nitrogens with zero attached hydrogens (tertiary/aromatic N) is 2. The summed E-state index contributed by atoms with van der Waals surface area (Å²) in [5, 5.41) is 6.43. The Morgan fingerprint density at radius 3 is 2.77 bits per heavy atom. The number of nitrogens with one attached hydrogen (secondary N) is 2. The third-order valence-corrected chi connectivity index (χ3v) is 5.82. The number of aliphatic imine (C=N–C) groups is 1. The van der Waals surface area contributed by atoms with Crippen molar-refractivity contribution in [3.05, 3.63) is 18.2 Å². The zero-order valence-electron chi connectivity index (χ0n) is 15.2. The summed E-state index contributed by atoms with van der Waals surface area (Å²) < 4.78 is 36.6. The lowest BCUT2D eigenvalue weighted by Gasteiger charge is -2.23. The Labute approximate surface area is 154 Å². The fraction of sp³-hybridized carbons (Fsp3) is 0.588. The molecule has 2 aliphatic heterocycles. The summed E-state index contributed by atoms with van der Waals surface area (Å²) in [6, 6.07) is 5.61. The molecule has 26 heavy (non-hydrogen) atoms. The van der Waals surface area contributed by atoms with Crippen LogP contribution in [0, 0.1) is 0 Å². The van der Waals surface area contributed by atoms with Crippen LogP contribution in [0.5, 0.6) is 11.5 Å². The van der Waals surface area contributed by atoms with Crippen LogP contribution in [0.15, 0.2) is 23.2 Å². The van der Waals surface area contributed by atoms with Gasteiger partial charge in [0.1, 0.15) is 0 Å². The average Bonchev–Trinajstić information content (AvgIpc) is 2.97. The number of sulfonamides is 1. The van der Waals surface area contributed by atoms with E-state index in [1.54, 1.807) is 11.4 Å². The number of hydrogen-bond acceptors (Lipinski definition) is 5. The molecule has 144 valence electrons. The van der Waals surface area contributed by atoms with Gasteiger partial charge in [-0.2, -0.15) is 4.31 Å². The van der Waals surface area contributed by atoms with E-state index in [0.717, 1.165) is 30.7 Å². The standard InChI is InChI=1S/C17H26N4O4S/c1-18-17(19-12-14-5-3-8-21(14)26(2,22)23)20-13-6-7-15-16(11-13)25-10-4-9-24-15/h6-7,11,14H,3-5,8-10,12H2,1-2H3,(H2,18,19,20)/t14-/m1/s1. The number of anilines is 1. The minimum absolute atomic E-state index is 0.0488. The molecule has 1 fully saturated rings. The zero-order chi connectivity index (χ0) is 18.6. The number of guanidine groups is 1. The number of hydrogen-bond donors (Lipinski definition) is 2. The topological polar surface area (TPSA) is 92.3 Å². The Hall–Kier alpha value is -2.00. The SMILES string of the molecule is CN=C(NC[C@H]1CCCN1S(C)(=O)=O)Nc1ccc2c(c1)OCCCO2. The highest BCUT2D eigenvalue weighted by Crippen LogP contribution is 2.32. The summed E-state index contributed by atoms with van der Waals surface area (Å²) in [4.78, 5) is 4.22. The van der Waals surface area contributed by atoms with Crippen molar-refractivity contribution in [1.29, 1.82) is 0 Å². The van der Waals surface area contributed by atoms with Crippen LogP contribution in [-0.2, 0) is 10.0 Å². The Balaban J connectivity index is 1.61. The molecule has 3 rings (SSSR count). The zero-order valence-corrected chi connectivity index (χ0v) is 16.0. The van der Waals surface area contributed by atoms with Gasteiger partial charge in [-0.05, 0) is 25.0 Å². The molecule has 2 N–H and O–H groups in total. The monoisotopic (exact) mass is 382 g/mol. The maximum atomic E-state index is 11.8. The Morgan fingerprint density at radius 1 is 1.27 bits per heavy atom. The number of rotatable bonds is 4. The smallest absolute Gasteiger partial charge is 0.211 e. The summed E-state index contributed by atoms with van der Waals surface area (Å²) in [6.45, 7) is 2.38. The quantitative estimate of drug-likeness (QED) is 0.602. The van der Waals surface area contributed by atoms with Crippen molar-refractivity contribution in [2.24, 2.45) is 4.99 Å². The molecule has 8 nitrogen and oxygen atoms in total. The fourth-order valence-corrected chi connectivity index (χ4v) is 4.40. The Bertz CT molecular complexity index is 766. The Morgan fingerprint density at radius 2 is 2.04 bits per heavy atom. The highest BCUT2D eigenvalue weighted by atomic mass is 32.2. The predicted octanol–water partition coefficient (Wildman–Crippen LogP) is 1.26. The lowest BCUT2D eigenvalue weighted by Crippen LogP contribution is -2.44. The van der Waals surface area contributed by atoms with Crippen molar-refractivity contribution in [1.82, 2.24) is 9.62 Å². The molecule has 0 bridgehead atoms. The molecule has 1 saturated heterocycles. The normalized spacial score (nSPS) is 21.3. The lowest BCUT2D eigenvalue weighted by molar-refractivity contribution is 0.297. The van der Waals surface area contributed by atoms with Gasteiger partial charge in [-0.15, -0.1) is 0 Å². The van der Waals surface area contributed by atoms with Gasteiger partial charge in [0, 0.05) is 44.4 Å². The van der Waals surface area contributed by atoms with Gasteiger partial charge >= 0.3 is 0 Å². The number of ether oxygens (including phenoxy) is 2. The summed E-state index contributed by atoms with van der Waals surface area (Å²) in [7, 11) is -1.49. The minimum Gasteiger partial charge on any atom is -0.490 e. The second-order valence-corrected chi connectivity index (χ2v) is 8.39. The second-order valence-electron chi connectivity index (χ2n) is 6.46. The first-order chi connectivity index (χ1) is 12.5. The molecule has 1 aromatic rings. The van der Waals surface area contributed by atoms with Crippen LogP contribution in [0.1, 0.15) is 19.3 Å². The van der Waals surface area contributed by atoms with E-state index in [9.17, 15) is 8.42 Å². The Kier molecular flexibility index (Phi) is 5.87. The van der Waals surface area contributed by atoms with E-state index in [-0.39, 0.29) is 6.04 Å². The van der Waals surface area contributed by atoms with Crippen LogP contribution in [0.2, 0.25) is 0 Å². The van der Waals surface area contributed by atoms with Crippen molar-refractivity contribution < 1.29 is 17.9 Å². The molecule has 2 heterocycles. The summed E-state index contributed by atoms with van der Waals surface area (Å²) in [6.07, 6.45) is 3.85. The first kappa shape index (κ1) is 18.8. The molecule has 0 aliphatic carbocycles. The van der Waals surface area contributed by atoms with E-state index in [4.69, 9.17) is 9.47 Å². The van der Waals surface area contributed by atoms with Crippen LogP contribution in [0.25, 0.3) is 0 Å². The molecule has 0 unspecified atom stereocenters. The average molecular weight is 382 g/mol. The van der Waals surface area contributed by atoms with Crippen LogP contribution >= 0.6 is 0 Å². The second kappa shape index (κ2) is 8.13. The van der Waals surface area contributed by atoms with Gasteiger partial charge in [-0.1, -0.05) is 0 Å². The molecule has 0 saturated carbocycles. The van der Waals surface area contributed by atoms with E-state index in [1.807, 2.05) is 18.2 Å². The first-order valence-electron chi connectivity index (χ1n) is 8.81. The molecule has 0 spiro atoms. The molecule has 9 heteroatoms. The van der Waals surface area contributed by atoms with E-state index < -0.39 is 10.0 Å². The fourth-order valence-electron chi connectivity index (χ4n) is 3.22. The van der Waals surface area contributed by atoms with Crippen LogP contribution in [0.3, 0.4) is 0 Å². The van der Waals surface area contributed by atoms with Crippen LogP contribution < -0.4 is 20.1 Å². The summed E-state index contributed by atoms with van der Waals surface area (Å²) >= 11 is 0. The minimum atomic E-state index is -3.18. The third-order valence-electron chi connectivity index (χ3n) is 4.49. The molecule has 0 amide bonds. The number of benzene rings is 1. The predicted molar refractivity (Wildman–Crippen MR) is 102 cm³/mol. The van der Waals surface area contributed by atoms with Gasteiger partial charge in [0.05, 0.1) is 19.5 Å². The van der Waals surface area contributed by atoms with Gasteiger partial charge < -0.3 is 20.1 Å². The highest BCUT2D eigenvalue weighted by molar-refractivity contribution is 7.88.